The number of hydrogen-bond acceptors (Lipinski definition) is 3. The topological polar surface area (TPSA) is 49.5 Å². The maximum absolute atomic E-state index is 9.31. The van der Waals surface area contributed by atoms with E-state index in [1.165, 1.54) is 0 Å². The molecule has 0 atom stereocenters. The zero-order chi connectivity index (χ0) is 9.30. The molecule has 0 aromatic heterocycles. The molecular weight excluding hydrogens is 152 g/mol. The van der Waals surface area contributed by atoms with Crippen LogP contribution < -0.4 is 10.6 Å². The number of phenolic OH excluding ortho intramolecular Hbond substituents is 1. The van der Waals surface area contributed by atoms with E-state index in [1.807, 2.05) is 19.0 Å². The van der Waals surface area contributed by atoms with Crippen LogP contribution in [0.2, 0.25) is 0 Å². The largest absolute Gasteiger partial charge is 0.508 e. The van der Waals surface area contributed by atoms with Crippen molar-refractivity contribution in [1.29, 1.82) is 0 Å². The van der Waals surface area contributed by atoms with Crippen molar-refractivity contribution in [2.24, 2.45) is 0 Å². The molecule has 0 spiro atoms. The van der Waals surface area contributed by atoms with Crippen molar-refractivity contribution < 1.29 is 5.11 Å². The lowest BCUT2D eigenvalue weighted by Gasteiger charge is -2.16. The van der Waals surface area contributed by atoms with Crippen molar-refractivity contribution in [2.75, 3.05) is 24.7 Å². The third-order valence-corrected chi connectivity index (χ3v) is 1.95. The number of benzene rings is 1. The van der Waals surface area contributed by atoms with E-state index in [0.717, 1.165) is 11.3 Å². The highest BCUT2D eigenvalue weighted by Crippen LogP contribution is 2.30. The summed E-state index contributed by atoms with van der Waals surface area (Å²) < 4.78 is 0. The Balaban J connectivity index is 3.27. The molecule has 0 heterocycles. The summed E-state index contributed by atoms with van der Waals surface area (Å²) >= 11 is 0. The average Bonchev–Trinajstić information content (AvgIpc) is 2.00. The normalized spacial score (nSPS) is 9.92. The van der Waals surface area contributed by atoms with Gasteiger partial charge in [-0.1, -0.05) is 0 Å². The van der Waals surface area contributed by atoms with Gasteiger partial charge in [0, 0.05) is 19.7 Å². The zero-order valence-electron chi connectivity index (χ0n) is 7.63. The molecule has 12 heavy (non-hydrogen) atoms. The molecule has 0 unspecified atom stereocenters. The van der Waals surface area contributed by atoms with E-state index in [1.54, 1.807) is 19.1 Å². The van der Waals surface area contributed by atoms with Gasteiger partial charge in [-0.3, -0.25) is 0 Å². The molecule has 1 aromatic carbocycles. The van der Waals surface area contributed by atoms with Crippen LogP contribution in [0.1, 0.15) is 5.56 Å². The highest BCUT2D eigenvalue weighted by molar-refractivity contribution is 5.73. The number of aromatic hydroxyl groups is 1. The Hall–Kier alpha value is -1.38. The van der Waals surface area contributed by atoms with E-state index in [-0.39, 0.29) is 5.75 Å². The van der Waals surface area contributed by atoms with Crippen molar-refractivity contribution >= 4 is 11.4 Å². The van der Waals surface area contributed by atoms with Gasteiger partial charge in [0.2, 0.25) is 0 Å². The number of phenols is 1. The van der Waals surface area contributed by atoms with Crippen LogP contribution in [0, 0.1) is 6.92 Å². The smallest absolute Gasteiger partial charge is 0.120 e. The van der Waals surface area contributed by atoms with Gasteiger partial charge in [0.15, 0.2) is 0 Å². The van der Waals surface area contributed by atoms with E-state index in [2.05, 4.69) is 0 Å². The summed E-state index contributed by atoms with van der Waals surface area (Å²) in [5, 5.41) is 9.31. The number of nitrogen functional groups attached to an aromatic ring is 1. The van der Waals surface area contributed by atoms with Crippen LogP contribution in [0.4, 0.5) is 11.4 Å². The molecule has 0 radical (unpaired) electrons. The number of nitrogens with zero attached hydrogens (tertiary/aromatic N) is 1. The molecule has 0 saturated carbocycles. The predicted octanol–water partition coefficient (Wildman–Crippen LogP) is 1.35. The van der Waals surface area contributed by atoms with Crippen LogP contribution in [0.5, 0.6) is 5.75 Å². The molecule has 0 aliphatic heterocycles. The lowest BCUT2D eigenvalue weighted by molar-refractivity contribution is 0.471. The van der Waals surface area contributed by atoms with Crippen LogP contribution in [0.25, 0.3) is 0 Å². The van der Waals surface area contributed by atoms with Crippen LogP contribution in [0.3, 0.4) is 0 Å². The molecule has 0 amide bonds. The third-order valence-electron chi connectivity index (χ3n) is 1.95. The van der Waals surface area contributed by atoms with Crippen molar-refractivity contribution in [1.82, 2.24) is 0 Å². The number of anilines is 2. The van der Waals surface area contributed by atoms with Crippen LogP contribution in [-0.2, 0) is 0 Å². The van der Waals surface area contributed by atoms with Gasteiger partial charge in [-0.05, 0) is 19.1 Å². The molecule has 3 N–H and O–H groups in total. The molecule has 0 bridgehead atoms. The highest BCUT2D eigenvalue weighted by atomic mass is 16.3. The quantitative estimate of drug-likeness (QED) is 0.619. The summed E-state index contributed by atoms with van der Waals surface area (Å²) in [4.78, 5) is 1.92. The lowest BCUT2D eigenvalue weighted by atomic mass is 10.1. The fraction of sp³-hybridized carbons (Fsp3) is 0.333. The molecule has 66 valence electrons. The first kappa shape index (κ1) is 8.71. The minimum absolute atomic E-state index is 0.248. The van der Waals surface area contributed by atoms with Crippen molar-refractivity contribution in [3.63, 3.8) is 0 Å². The molecule has 3 heteroatoms. The fourth-order valence-electron chi connectivity index (χ4n) is 1.09. The summed E-state index contributed by atoms with van der Waals surface area (Å²) in [6.07, 6.45) is 0. The summed E-state index contributed by atoms with van der Waals surface area (Å²) in [5.74, 6) is 0.248. The average molecular weight is 166 g/mol. The third kappa shape index (κ3) is 1.30. The first-order chi connectivity index (χ1) is 5.54. The van der Waals surface area contributed by atoms with Gasteiger partial charge < -0.3 is 15.7 Å². The Morgan fingerprint density at radius 2 is 1.92 bits per heavy atom. The summed E-state index contributed by atoms with van der Waals surface area (Å²) in [6, 6.07) is 3.46. The Kier molecular flexibility index (Phi) is 2.13. The SMILES string of the molecule is Cc1c(O)ccc(N(C)C)c1N. The van der Waals surface area contributed by atoms with E-state index in [4.69, 9.17) is 5.73 Å². The van der Waals surface area contributed by atoms with E-state index >= 15 is 0 Å². The van der Waals surface area contributed by atoms with Gasteiger partial charge in [0.05, 0.1) is 11.4 Å². The molecule has 1 rings (SSSR count). The van der Waals surface area contributed by atoms with Crippen molar-refractivity contribution in [3.8, 4) is 5.75 Å². The van der Waals surface area contributed by atoms with Crippen LogP contribution in [-0.4, -0.2) is 19.2 Å². The molecule has 0 aliphatic rings. The van der Waals surface area contributed by atoms with Gasteiger partial charge in [-0.25, -0.2) is 0 Å². The summed E-state index contributed by atoms with van der Waals surface area (Å²) in [5.41, 5.74) is 8.09. The molecular formula is C9H14N2O. The van der Waals surface area contributed by atoms with Gasteiger partial charge in [0.25, 0.3) is 0 Å². The highest BCUT2D eigenvalue weighted by Gasteiger charge is 2.06. The van der Waals surface area contributed by atoms with Crippen molar-refractivity contribution in [3.05, 3.63) is 17.7 Å². The second-order valence-electron chi connectivity index (χ2n) is 3.04. The molecule has 1 aromatic rings. The first-order valence-corrected chi connectivity index (χ1v) is 3.79. The Bertz CT molecular complexity index is 295. The predicted molar refractivity (Wildman–Crippen MR) is 51.6 cm³/mol. The second kappa shape index (κ2) is 2.93. The fourth-order valence-corrected chi connectivity index (χ4v) is 1.09. The summed E-state index contributed by atoms with van der Waals surface area (Å²) in [7, 11) is 3.84. The molecule has 0 fully saturated rings. The molecule has 0 aliphatic carbocycles. The van der Waals surface area contributed by atoms with Crippen LogP contribution in [0.15, 0.2) is 12.1 Å². The Labute approximate surface area is 72.4 Å². The van der Waals surface area contributed by atoms with Crippen LogP contribution >= 0.6 is 0 Å². The van der Waals surface area contributed by atoms with E-state index in [9.17, 15) is 5.11 Å². The standard InChI is InChI=1S/C9H14N2O/c1-6-8(12)5-4-7(9(6)10)11(2)3/h4-5,12H,10H2,1-3H3. The maximum atomic E-state index is 9.31. The van der Waals surface area contributed by atoms with E-state index in [0.29, 0.717) is 5.69 Å². The van der Waals surface area contributed by atoms with E-state index < -0.39 is 0 Å². The maximum Gasteiger partial charge on any atom is 0.120 e. The molecule has 3 nitrogen and oxygen atoms in total. The molecule has 0 saturated heterocycles. The van der Waals surface area contributed by atoms with Crippen molar-refractivity contribution in [2.45, 2.75) is 6.92 Å². The second-order valence-corrected chi connectivity index (χ2v) is 3.04. The van der Waals surface area contributed by atoms with Gasteiger partial charge >= 0.3 is 0 Å². The monoisotopic (exact) mass is 166 g/mol. The number of rotatable bonds is 1. The Morgan fingerprint density at radius 3 is 2.42 bits per heavy atom. The summed E-state index contributed by atoms with van der Waals surface area (Å²) in [6.45, 7) is 1.80. The number of hydrogen-bond donors (Lipinski definition) is 2. The Morgan fingerprint density at radius 1 is 1.33 bits per heavy atom. The van der Waals surface area contributed by atoms with Gasteiger partial charge in [-0.15, -0.1) is 0 Å². The first-order valence-electron chi connectivity index (χ1n) is 3.79. The number of nitrogens with two attached hydrogens (primary N) is 1. The van der Waals surface area contributed by atoms with Gasteiger partial charge in [-0.2, -0.15) is 0 Å². The lowest BCUT2D eigenvalue weighted by Crippen LogP contribution is -2.11. The minimum Gasteiger partial charge on any atom is -0.508 e. The zero-order valence-corrected chi connectivity index (χ0v) is 7.63. The minimum atomic E-state index is 0.248. The van der Waals surface area contributed by atoms with Gasteiger partial charge in [0.1, 0.15) is 5.75 Å².